The molecule has 0 bridgehead atoms. The normalized spacial score (nSPS) is 13.1. The highest BCUT2D eigenvalue weighted by Crippen LogP contribution is 2.14. The molecule has 1 unspecified atom stereocenters. The van der Waals surface area contributed by atoms with Gasteiger partial charge < -0.3 is 14.2 Å². The lowest BCUT2D eigenvalue weighted by molar-refractivity contribution is -0.167. The molecule has 0 aliphatic carbocycles. The molecule has 0 aromatic carbocycles. The highest BCUT2D eigenvalue weighted by atomic mass is 16.6. The van der Waals surface area contributed by atoms with Gasteiger partial charge in [0.25, 0.3) is 0 Å². The Bertz CT molecular complexity index is 1550. The van der Waals surface area contributed by atoms with E-state index in [0.717, 1.165) is 154 Å². The maximum Gasteiger partial charge on any atom is 0.306 e. The molecule has 0 aromatic rings. The Morgan fingerprint density at radius 1 is 0.310 bits per heavy atom. The first-order valence-electron chi connectivity index (χ1n) is 28.7. The van der Waals surface area contributed by atoms with Crippen LogP contribution in [-0.4, -0.2) is 37.2 Å². The second kappa shape index (κ2) is 58.1. The Balaban J connectivity index is 4.51. The smallest absolute Gasteiger partial charge is 0.306 e. The van der Waals surface area contributed by atoms with E-state index in [1.165, 1.54) is 44.9 Å². The van der Waals surface area contributed by atoms with Gasteiger partial charge in [-0.25, -0.2) is 0 Å². The summed E-state index contributed by atoms with van der Waals surface area (Å²) in [6.07, 6.45) is 81.4. The molecule has 71 heavy (non-hydrogen) atoms. The highest BCUT2D eigenvalue weighted by molar-refractivity contribution is 5.71. The maximum atomic E-state index is 12.9. The second-order valence-corrected chi connectivity index (χ2v) is 18.5. The first kappa shape index (κ1) is 66.6. The van der Waals surface area contributed by atoms with Gasteiger partial charge in [-0.05, 0) is 116 Å². The highest BCUT2D eigenvalue weighted by Gasteiger charge is 2.19. The summed E-state index contributed by atoms with van der Waals surface area (Å²) < 4.78 is 16.8. The zero-order valence-electron chi connectivity index (χ0n) is 45.7. The summed E-state index contributed by atoms with van der Waals surface area (Å²) >= 11 is 0. The topological polar surface area (TPSA) is 78.9 Å². The summed E-state index contributed by atoms with van der Waals surface area (Å²) in [5, 5.41) is 0. The minimum Gasteiger partial charge on any atom is -0.462 e. The van der Waals surface area contributed by atoms with Crippen LogP contribution in [0.25, 0.3) is 0 Å². The van der Waals surface area contributed by atoms with Crippen LogP contribution in [0.5, 0.6) is 0 Å². The largest absolute Gasteiger partial charge is 0.462 e. The molecular weight excluding hydrogens is 877 g/mol. The zero-order chi connectivity index (χ0) is 51.4. The summed E-state index contributed by atoms with van der Waals surface area (Å²) in [5.74, 6) is -0.956. The Hall–Kier alpha value is -4.45. The quantitative estimate of drug-likeness (QED) is 0.0199. The molecule has 1 atom stereocenters. The number of allylic oxidation sites excluding steroid dienone is 22. The van der Waals surface area contributed by atoms with Crippen molar-refractivity contribution in [1.29, 1.82) is 0 Å². The zero-order valence-corrected chi connectivity index (χ0v) is 45.7. The first-order valence-corrected chi connectivity index (χ1v) is 28.7. The summed E-state index contributed by atoms with van der Waals surface area (Å²) in [6.45, 7) is 6.33. The summed E-state index contributed by atoms with van der Waals surface area (Å²) in [5.41, 5.74) is 0. The average molecular weight is 982 g/mol. The molecule has 6 heteroatoms. The van der Waals surface area contributed by atoms with Crippen LogP contribution in [0.1, 0.15) is 239 Å². The molecule has 0 spiro atoms. The molecule has 0 amide bonds. The van der Waals surface area contributed by atoms with Crippen molar-refractivity contribution in [3.8, 4) is 0 Å². The fourth-order valence-electron chi connectivity index (χ4n) is 7.46. The van der Waals surface area contributed by atoms with Crippen molar-refractivity contribution in [2.45, 2.75) is 245 Å². The van der Waals surface area contributed by atoms with E-state index in [4.69, 9.17) is 14.2 Å². The standard InChI is InChI=1S/C65H104O6/c1-4-7-10-13-16-19-22-25-28-31-33-35-37-40-43-46-49-52-55-58-64(67)70-61-62(60-69-63(66)57-54-51-48-45-42-39-36-30-27-24-21-18-15-12-9-6-3)71-65(68)59-56-53-50-47-44-41-38-34-32-29-26-23-20-17-14-11-8-5-2/h7,9-10,12,16-21,23,25-30,32-35,38,62H,4-6,8,11,13-15,22,24,31,36-37,39-61H2,1-3H3/b10-7-,12-9-,19-16-,20-17-,21-18-,26-23-,28-25-,30-27-,32-29-,35-33-,38-34-. The molecule has 400 valence electrons. The summed E-state index contributed by atoms with van der Waals surface area (Å²) in [7, 11) is 0. The van der Waals surface area contributed by atoms with Gasteiger partial charge in [0.05, 0.1) is 0 Å². The van der Waals surface area contributed by atoms with Gasteiger partial charge in [-0.2, -0.15) is 0 Å². The van der Waals surface area contributed by atoms with Crippen LogP contribution in [0.15, 0.2) is 134 Å². The van der Waals surface area contributed by atoms with E-state index in [0.29, 0.717) is 19.3 Å². The second-order valence-electron chi connectivity index (χ2n) is 18.5. The minimum atomic E-state index is -0.808. The molecule has 0 heterocycles. The van der Waals surface area contributed by atoms with Crippen molar-refractivity contribution >= 4 is 17.9 Å². The predicted octanol–water partition coefficient (Wildman–Crippen LogP) is 19.4. The molecule has 0 aliphatic rings. The molecule has 0 aliphatic heterocycles. The van der Waals surface area contributed by atoms with Crippen molar-refractivity contribution in [3.63, 3.8) is 0 Å². The van der Waals surface area contributed by atoms with Crippen molar-refractivity contribution in [2.24, 2.45) is 0 Å². The van der Waals surface area contributed by atoms with Crippen molar-refractivity contribution in [2.75, 3.05) is 13.2 Å². The lowest BCUT2D eigenvalue weighted by Gasteiger charge is -2.18. The molecule has 6 nitrogen and oxygen atoms in total. The Kier molecular flexibility index (Phi) is 54.5. The van der Waals surface area contributed by atoms with E-state index in [2.05, 4.69) is 154 Å². The maximum absolute atomic E-state index is 12.9. The molecular formula is C65H104O6. The summed E-state index contributed by atoms with van der Waals surface area (Å²) in [6, 6.07) is 0. The van der Waals surface area contributed by atoms with Crippen LogP contribution in [0, 0.1) is 0 Å². The van der Waals surface area contributed by atoms with Gasteiger partial charge in [0.15, 0.2) is 6.10 Å². The van der Waals surface area contributed by atoms with Crippen LogP contribution in [-0.2, 0) is 28.6 Å². The van der Waals surface area contributed by atoms with Gasteiger partial charge in [0, 0.05) is 19.3 Å². The van der Waals surface area contributed by atoms with Crippen molar-refractivity contribution < 1.29 is 28.6 Å². The van der Waals surface area contributed by atoms with Gasteiger partial charge in [-0.15, -0.1) is 0 Å². The van der Waals surface area contributed by atoms with E-state index in [-0.39, 0.29) is 31.1 Å². The lowest BCUT2D eigenvalue weighted by atomic mass is 10.1. The van der Waals surface area contributed by atoms with Crippen LogP contribution in [0.2, 0.25) is 0 Å². The molecule has 0 aromatic heterocycles. The number of esters is 3. The van der Waals surface area contributed by atoms with Gasteiger partial charge in [-0.1, -0.05) is 238 Å². The van der Waals surface area contributed by atoms with Gasteiger partial charge in [0.1, 0.15) is 13.2 Å². The fraction of sp³-hybridized carbons (Fsp3) is 0.615. The van der Waals surface area contributed by atoms with Gasteiger partial charge in [0.2, 0.25) is 0 Å². The van der Waals surface area contributed by atoms with E-state index >= 15 is 0 Å². The Morgan fingerprint density at radius 2 is 0.606 bits per heavy atom. The number of carbonyl (C=O) groups excluding carboxylic acids is 3. The lowest BCUT2D eigenvalue weighted by Crippen LogP contribution is -2.30. The molecule has 0 saturated heterocycles. The van der Waals surface area contributed by atoms with E-state index in [1.54, 1.807) is 0 Å². The number of unbranched alkanes of at least 4 members (excludes halogenated alkanes) is 20. The number of hydrogen-bond acceptors (Lipinski definition) is 6. The minimum absolute atomic E-state index is 0.104. The Labute approximate surface area is 436 Å². The number of hydrogen-bond donors (Lipinski definition) is 0. The van der Waals surface area contributed by atoms with Crippen LogP contribution < -0.4 is 0 Å². The molecule has 0 radical (unpaired) electrons. The van der Waals surface area contributed by atoms with E-state index in [1.807, 2.05) is 0 Å². The molecule has 0 N–H and O–H groups in total. The van der Waals surface area contributed by atoms with E-state index in [9.17, 15) is 14.4 Å². The average Bonchev–Trinajstić information content (AvgIpc) is 3.37. The van der Waals surface area contributed by atoms with E-state index < -0.39 is 6.10 Å². The van der Waals surface area contributed by atoms with Crippen molar-refractivity contribution in [1.82, 2.24) is 0 Å². The van der Waals surface area contributed by atoms with Gasteiger partial charge in [-0.3, -0.25) is 14.4 Å². The molecule has 0 fully saturated rings. The van der Waals surface area contributed by atoms with Crippen LogP contribution in [0.3, 0.4) is 0 Å². The number of ether oxygens (including phenoxy) is 3. The third-order valence-corrected chi connectivity index (χ3v) is 11.7. The summed E-state index contributed by atoms with van der Waals surface area (Å²) in [4.78, 5) is 38.2. The third kappa shape index (κ3) is 56.3. The number of rotatable bonds is 50. The van der Waals surface area contributed by atoms with Gasteiger partial charge >= 0.3 is 17.9 Å². The SMILES string of the molecule is CC/C=C\C/C=C\C/C=C\C/C=C\CCCCCCCCC(=O)OCC(COC(=O)CCCCCCCC/C=C\C/C=C\C/C=C\CC)OC(=O)CCCCCCC\C=C/C=C\C=C/C=C\CCCCC. The fourth-order valence-corrected chi connectivity index (χ4v) is 7.46. The molecule has 0 rings (SSSR count). The van der Waals surface area contributed by atoms with Crippen molar-refractivity contribution in [3.05, 3.63) is 134 Å². The monoisotopic (exact) mass is 981 g/mol. The third-order valence-electron chi connectivity index (χ3n) is 11.7. The molecule has 0 saturated carbocycles. The predicted molar refractivity (Wildman–Crippen MR) is 306 cm³/mol. The van der Waals surface area contributed by atoms with Crippen LogP contribution in [0.4, 0.5) is 0 Å². The first-order chi connectivity index (χ1) is 35.0. The Morgan fingerprint density at radius 3 is 0.986 bits per heavy atom. The van der Waals surface area contributed by atoms with Crippen LogP contribution >= 0.6 is 0 Å². The number of carbonyl (C=O) groups is 3.